The van der Waals surface area contributed by atoms with Crippen LogP contribution in [0.5, 0.6) is 0 Å². The lowest BCUT2D eigenvalue weighted by Gasteiger charge is -2.08. The average Bonchev–Trinajstić information content (AvgIpc) is 2.64. The lowest BCUT2D eigenvalue weighted by molar-refractivity contribution is 0.0687. The van der Waals surface area contributed by atoms with Gasteiger partial charge in [-0.1, -0.05) is 6.07 Å². The minimum atomic E-state index is -0.960. The number of hydrogen-bond donors (Lipinski definition) is 1. The van der Waals surface area contributed by atoms with Crippen molar-refractivity contribution in [3.8, 4) is 5.69 Å². The van der Waals surface area contributed by atoms with Crippen molar-refractivity contribution in [3.05, 3.63) is 47.0 Å². The first-order chi connectivity index (χ1) is 8.00. The van der Waals surface area contributed by atoms with Crippen molar-refractivity contribution in [2.45, 2.75) is 20.8 Å². The van der Waals surface area contributed by atoms with Crippen LogP contribution in [0.2, 0.25) is 0 Å². The highest BCUT2D eigenvalue weighted by atomic mass is 16.4. The third kappa shape index (κ3) is 1.93. The standard InChI is InChI=1S/C13H14N2O2/c1-8-4-5-11(6-9(8)2)15-7-14-10(3)12(15)13(16)17/h4-7H,1-3H3,(H,16,17). The van der Waals surface area contributed by atoms with Crippen molar-refractivity contribution in [2.75, 3.05) is 0 Å². The molecule has 0 aliphatic carbocycles. The number of carboxylic acids is 1. The normalized spacial score (nSPS) is 10.5. The van der Waals surface area contributed by atoms with E-state index in [1.165, 1.54) is 5.56 Å². The van der Waals surface area contributed by atoms with Gasteiger partial charge in [-0.25, -0.2) is 9.78 Å². The molecule has 0 bridgehead atoms. The third-order valence-electron chi connectivity index (χ3n) is 2.92. The highest BCUT2D eigenvalue weighted by Crippen LogP contribution is 2.17. The van der Waals surface area contributed by atoms with Gasteiger partial charge in [-0.2, -0.15) is 0 Å². The molecule has 0 aliphatic rings. The Morgan fingerprint density at radius 1 is 1.24 bits per heavy atom. The zero-order valence-corrected chi connectivity index (χ0v) is 10.1. The molecule has 88 valence electrons. The van der Waals surface area contributed by atoms with Crippen LogP contribution in [0, 0.1) is 20.8 Å². The Labute approximate surface area is 99.5 Å². The number of aromatic carboxylic acids is 1. The van der Waals surface area contributed by atoms with Gasteiger partial charge in [0.25, 0.3) is 0 Å². The summed E-state index contributed by atoms with van der Waals surface area (Å²) in [5, 5.41) is 9.16. The van der Waals surface area contributed by atoms with E-state index in [1.807, 2.05) is 32.0 Å². The molecule has 0 saturated carbocycles. The molecule has 1 N–H and O–H groups in total. The van der Waals surface area contributed by atoms with Gasteiger partial charge in [0.1, 0.15) is 6.33 Å². The number of benzene rings is 1. The average molecular weight is 230 g/mol. The molecule has 0 amide bonds. The Balaban J connectivity index is 2.60. The van der Waals surface area contributed by atoms with Gasteiger partial charge in [0.15, 0.2) is 5.69 Å². The van der Waals surface area contributed by atoms with Crippen molar-refractivity contribution in [3.63, 3.8) is 0 Å². The summed E-state index contributed by atoms with van der Waals surface area (Å²) in [6.07, 6.45) is 1.54. The van der Waals surface area contributed by atoms with Gasteiger partial charge in [-0.3, -0.25) is 4.57 Å². The zero-order chi connectivity index (χ0) is 12.6. The van der Waals surface area contributed by atoms with Gasteiger partial charge in [0.05, 0.1) is 5.69 Å². The molecule has 0 fully saturated rings. The predicted molar refractivity (Wildman–Crippen MR) is 64.7 cm³/mol. The van der Waals surface area contributed by atoms with Crippen LogP contribution in [0.4, 0.5) is 0 Å². The van der Waals surface area contributed by atoms with Gasteiger partial charge in [-0.15, -0.1) is 0 Å². The number of carboxylic acid groups (broad SMARTS) is 1. The minimum Gasteiger partial charge on any atom is -0.477 e. The summed E-state index contributed by atoms with van der Waals surface area (Å²) >= 11 is 0. The van der Waals surface area contributed by atoms with Crippen LogP contribution in [0.1, 0.15) is 27.3 Å². The SMILES string of the molecule is Cc1ccc(-n2cnc(C)c2C(=O)O)cc1C. The van der Waals surface area contributed by atoms with Crippen LogP contribution in [0.15, 0.2) is 24.5 Å². The first-order valence-corrected chi connectivity index (χ1v) is 5.35. The molecule has 0 atom stereocenters. The van der Waals surface area contributed by atoms with E-state index in [2.05, 4.69) is 4.98 Å². The maximum Gasteiger partial charge on any atom is 0.354 e. The molecule has 2 rings (SSSR count). The molecule has 1 heterocycles. The van der Waals surface area contributed by atoms with E-state index in [0.29, 0.717) is 5.69 Å². The number of carbonyl (C=O) groups is 1. The van der Waals surface area contributed by atoms with Gasteiger partial charge in [0.2, 0.25) is 0 Å². The molecular formula is C13H14N2O2. The Bertz CT molecular complexity index is 585. The van der Waals surface area contributed by atoms with Gasteiger partial charge in [-0.05, 0) is 44.0 Å². The molecule has 0 radical (unpaired) electrons. The summed E-state index contributed by atoms with van der Waals surface area (Å²) in [6.45, 7) is 5.72. The first kappa shape index (κ1) is 11.4. The number of rotatable bonds is 2. The fourth-order valence-electron chi connectivity index (χ4n) is 1.77. The van der Waals surface area contributed by atoms with Gasteiger partial charge >= 0.3 is 5.97 Å². The second-order valence-electron chi connectivity index (χ2n) is 4.12. The van der Waals surface area contributed by atoms with Crippen LogP contribution < -0.4 is 0 Å². The number of hydrogen-bond acceptors (Lipinski definition) is 2. The van der Waals surface area contributed by atoms with E-state index >= 15 is 0 Å². The number of aryl methyl sites for hydroxylation is 3. The molecular weight excluding hydrogens is 216 g/mol. The molecule has 1 aromatic carbocycles. The highest BCUT2D eigenvalue weighted by molar-refractivity contribution is 5.87. The highest BCUT2D eigenvalue weighted by Gasteiger charge is 2.15. The van der Waals surface area contributed by atoms with E-state index in [-0.39, 0.29) is 5.69 Å². The Kier molecular flexibility index (Phi) is 2.71. The predicted octanol–water partition coefficient (Wildman–Crippen LogP) is 2.50. The van der Waals surface area contributed by atoms with Crippen LogP contribution in [0.25, 0.3) is 5.69 Å². The molecule has 17 heavy (non-hydrogen) atoms. The Hall–Kier alpha value is -2.10. The summed E-state index contributed by atoms with van der Waals surface area (Å²) in [6, 6.07) is 5.84. The lowest BCUT2D eigenvalue weighted by Crippen LogP contribution is -2.07. The fraction of sp³-hybridized carbons (Fsp3) is 0.231. The summed E-state index contributed by atoms with van der Waals surface area (Å²) < 4.78 is 1.60. The second kappa shape index (κ2) is 4.05. The molecule has 1 aromatic heterocycles. The Morgan fingerprint density at radius 3 is 2.53 bits per heavy atom. The summed E-state index contributed by atoms with van der Waals surface area (Å²) in [4.78, 5) is 15.2. The largest absolute Gasteiger partial charge is 0.477 e. The summed E-state index contributed by atoms with van der Waals surface area (Å²) in [5.41, 5.74) is 3.88. The van der Waals surface area contributed by atoms with E-state index < -0.39 is 5.97 Å². The van der Waals surface area contributed by atoms with Crippen molar-refractivity contribution in [2.24, 2.45) is 0 Å². The summed E-state index contributed by atoms with van der Waals surface area (Å²) in [7, 11) is 0. The van der Waals surface area contributed by atoms with E-state index in [4.69, 9.17) is 5.11 Å². The number of imidazole rings is 1. The maximum atomic E-state index is 11.2. The monoisotopic (exact) mass is 230 g/mol. The lowest BCUT2D eigenvalue weighted by atomic mass is 10.1. The van der Waals surface area contributed by atoms with Crippen LogP contribution in [-0.4, -0.2) is 20.6 Å². The van der Waals surface area contributed by atoms with Crippen molar-refractivity contribution in [1.82, 2.24) is 9.55 Å². The van der Waals surface area contributed by atoms with Gasteiger partial charge < -0.3 is 5.11 Å². The molecule has 4 heteroatoms. The zero-order valence-electron chi connectivity index (χ0n) is 10.1. The number of nitrogens with zero attached hydrogens (tertiary/aromatic N) is 2. The second-order valence-corrected chi connectivity index (χ2v) is 4.12. The molecule has 0 aliphatic heterocycles. The van der Waals surface area contributed by atoms with E-state index in [1.54, 1.807) is 17.8 Å². The maximum absolute atomic E-state index is 11.2. The Morgan fingerprint density at radius 2 is 1.94 bits per heavy atom. The van der Waals surface area contributed by atoms with Crippen molar-refractivity contribution >= 4 is 5.97 Å². The van der Waals surface area contributed by atoms with Crippen molar-refractivity contribution < 1.29 is 9.90 Å². The van der Waals surface area contributed by atoms with Crippen LogP contribution in [-0.2, 0) is 0 Å². The van der Waals surface area contributed by atoms with Crippen LogP contribution >= 0.6 is 0 Å². The number of aromatic nitrogens is 2. The quantitative estimate of drug-likeness (QED) is 0.862. The molecule has 2 aromatic rings. The first-order valence-electron chi connectivity index (χ1n) is 5.35. The molecule has 0 spiro atoms. The fourth-order valence-corrected chi connectivity index (χ4v) is 1.77. The molecule has 0 saturated heterocycles. The topological polar surface area (TPSA) is 55.1 Å². The summed E-state index contributed by atoms with van der Waals surface area (Å²) in [5.74, 6) is -0.960. The molecule has 0 unspecified atom stereocenters. The van der Waals surface area contributed by atoms with E-state index in [9.17, 15) is 4.79 Å². The van der Waals surface area contributed by atoms with E-state index in [0.717, 1.165) is 11.3 Å². The van der Waals surface area contributed by atoms with Crippen molar-refractivity contribution in [1.29, 1.82) is 0 Å². The third-order valence-corrected chi connectivity index (χ3v) is 2.92. The smallest absolute Gasteiger partial charge is 0.354 e. The molecule has 4 nitrogen and oxygen atoms in total. The minimum absolute atomic E-state index is 0.216. The van der Waals surface area contributed by atoms with Gasteiger partial charge in [0, 0.05) is 5.69 Å². The van der Waals surface area contributed by atoms with Crippen LogP contribution in [0.3, 0.4) is 0 Å².